The van der Waals surface area contributed by atoms with E-state index in [1.54, 1.807) is 6.08 Å². The van der Waals surface area contributed by atoms with Gasteiger partial charge in [-0.2, -0.15) is 0 Å². The van der Waals surface area contributed by atoms with Crippen LogP contribution in [-0.4, -0.2) is 46.3 Å². The summed E-state index contributed by atoms with van der Waals surface area (Å²) in [6, 6.07) is 18.2. The van der Waals surface area contributed by atoms with E-state index in [9.17, 15) is 19.5 Å². The molecule has 0 unspecified atom stereocenters. The van der Waals surface area contributed by atoms with E-state index in [0.717, 1.165) is 27.8 Å². The minimum Gasteiger partial charge on any atom is -0.394 e. The molecule has 0 saturated carbocycles. The van der Waals surface area contributed by atoms with Gasteiger partial charge in [0.25, 0.3) is 11.1 Å². The molecule has 0 aromatic heterocycles. The summed E-state index contributed by atoms with van der Waals surface area (Å²) in [6.07, 6.45) is 2.09. The molecule has 1 aliphatic rings. The second-order valence-corrected chi connectivity index (χ2v) is 7.31. The van der Waals surface area contributed by atoms with Gasteiger partial charge < -0.3 is 10.4 Å². The summed E-state index contributed by atoms with van der Waals surface area (Å²) in [4.78, 5) is 38.2. The highest BCUT2D eigenvalue weighted by atomic mass is 32.2. The lowest BCUT2D eigenvalue weighted by Crippen LogP contribution is -2.45. The number of aliphatic hydroxyl groups is 1. The number of carbonyl (C=O) groups is 3. The summed E-state index contributed by atoms with van der Waals surface area (Å²) in [6.45, 7) is -0.613. The van der Waals surface area contributed by atoms with Crippen molar-refractivity contribution in [3.8, 4) is 0 Å². The Hall–Kier alpha value is -2.90. The van der Waals surface area contributed by atoms with Crippen LogP contribution in [0, 0.1) is 0 Å². The molecule has 2 aromatic carbocycles. The molecular formula is C21H20N2O4S. The molecule has 28 heavy (non-hydrogen) atoms. The third kappa shape index (κ3) is 5.09. The van der Waals surface area contributed by atoms with Crippen LogP contribution in [0.1, 0.15) is 11.1 Å². The molecule has 2 aromatic rings. The van der Waals surface area contributed by atoms with Crippen molar-refractivity contribution < 1.29 is 19.5 Å². The Morgan fingerprint density at radius 2 is 1.71 bits per heavy atom. The van der Waals surface area contributed by atoms with E-state index < -0.39 is 23.1 Å². The zero-order valence-corrected chi connectivity index (χ0v) is 15.9. The number of imide groups is 1. The fourth-order valence-electron chi connectivity index (χ4n) is 2.81. The third-order valence-electron chi connectivity index (χ3n) is 4.18. The van der Waals surface area contributed by atoms with Crippen molar-refractivity contribution in [1.29, 1.82) is 0 Å². The molecule has 0 aliphatic carbocycles. The van der Waals surface area contributed by atoms with Crippen LogP contribution in [0.25, 0.3) is 6.08 Å². The first-order valence-electron chi connectivity index (χ1n) is 8.81. The molecule has 0 radical (unpaired) electrons. The average Bonchev–Trinajstić information content (AvgIpc) is 2.96. The molecule has 1 heterocycles. The summed E-state index contributed by atoms with van der Waals surface area (Å²) < 4.78 is 0. The standard InChI is InChI=1S/C21H20N2O4S/c24-14-17(11-15-7-3-1-4-8-15)22-19(25)13-23-20(26)18(28-21(23)27)12-16-9-5-2-6-10-16/h1-10,12,17,24H,11,13-14H2,(H,22,25)/t17-/m1/s1. The average molecular weight is 396 g/mol. The third-order valence-corrected chi connectivity index (χ3v) is 5.09. The molecule has 2 N–H and O–H groups in total. The Bertz CT molecular complexity index is 884. The number of hydrogen-bond donors (Lipinski definition) is 2. The van der Waals surface area contributed by atoms with Crippen molar-refractivity contribution in [2.45, 2.75) is 12.5 Å². The summed E-state index contributed by atoms with van der Waals surface area (Å²) in [5.74, 6) is -0.976. The summed E-state index contributed by atoms with van der Waals surface area (Å²) >= 11 is 0.815. The van der Waals surface area contributed by atoms with E-state index in [0.29, 0.717) is 6.42 Å². The van der Waals surface area contributed by atoms with Gasteiger partial charge in [0.2, 0.25) is 5.91 Å². The predicted octanol–water partition coefficient (Wildman–Crippen LogP) is 2.44. The lowest BCUT2D eigenvalue weighted by Gasteiger charge is -2.18. The molecule has 7 heteroatoms. The zero-order valence-electron chi connectivity index (χ0n) is 15.1. The molecule has 144 valence electrons. The lowest BCUT2D eigenvalue weighted by molar-refractivity contribution is -0.129. The second-order valence-electron chi connectivity index (χ2n) is 6.32. The number of aliphatic hydroxyl groups excluding tert-OH is 1. The largest absolute Gasteiger partial charge is 0.394 e. The van der Waals surface area contributed by atoms with Crippen LogP contribution in [0.2, 0.25) is 0 Å². The number of benzene rings is 2. The number of amides is 3. The van der Waals surface area contributed by atoms with Crippen LogP contribution < -0.4 is 5.32 Å². The van der Waals surface area contributed by atoms with E-state index in [2.05, 4.69) is 5.32 Å². The number of nitrogens with zero attached hydrogens (tertiary/aromatic N) is 1. The highest BCUT2D eigenvalue weighted by Crippen LogP contribution is 2.31. The van der Waals surface area contributed by atoms with Crippen LogP contribution >= 0.6 is 11.8 Å². The van der Waals surface area contributed by atoms with Gasteiger partial charge in [0, 0.05) is 0 Å². The molecule has 0 bridgehead atoms. The Morgan fingerprint density at radius 1 is 1.07 bits per heavy atom. The van der Waals surface area contributed by atoms with Crippen molar-refractivity contribution >= 4 is 34.9 Å². The Kier molecular flexibility index (Phi) is 6.62. The molecule has 3 amide bonds. The van der Waals surface area contributed by atoms with Crippen LogP contribution in [0.5, 0.6) is 0 Å². The van der Waals surface area contributed by atoms with Crippen molar-refractivity contribution in [2.24, 2.45) is 0 Å². The van der Waals surface area contributed by atoms with E-state index in [4.69, 9.17) is 0 Å². The van der Waals surface area contributed by atoms with E-state index in [1.807, 2.05) is 60.7 Å². The van der Waals surface area contributed by atoms with Crippen molar-refractivity contribution in [1.82, 2.24) is 10.2 Å². The molecule has 1 atom stereocenters. The monoisotopic (exact) mass is 396 g/mol. The first kappa shape index (κ1) is 19.9. The van der Waals surface area contributed by atoms with Crippen LogP contribution in [0.3, 0.4) is 0 Å². The van der Waals surface area contributed by atoms with Gasteiger partial charge in [-0.05, 0) is 35.4 Å². The maximum atomic E-state index is 12.5. The maximum Gasteiger partial charge on any atom is 0.294 e. The van der Waals surface area contributed by atoms with Gasteiger partial charge in [-0.1, -0.05) is 60.7 Å². The quantitative estimate of drug-likeness (QED) is 0.702. The Morgan fingerprint density at radius 3 is 2.36 bits per heavy atom. The SMILES string of the molecule is O=C(CN1C(=O)SC(=Cc2ccccc2)C1=O)N[C@@H](CO)Cc1ccccc1. The lowest BCUT2D eigenvalue weighted by atomic mass is 10.1. The highest BCUT2D eigenvalue weighted by molar-refractivity contribution is 8.18. The normalized spacial score (nSPS) is 16.5. The summed E-state index contributed by atoms with van der Waals surface area (Å²) in [5.41, 5.74) is 1.78. The van der Waals surface area contributed by atoms with Crippen LogP contribution in [0.15, 0.2) is 65.6 Å². The van der Waals surface area contributed by atoms with Crippen molar-refractivity contribution in [3.63, 3.8) is 0 Å². The second kappa shape index (κ2) is 9.34. The first-order valence-corrected chi connectivity index (χ1v) is 9.63. The maximum absolute atomic E-state index is 12.5. The molecule has 1 fully saturated rings. The fraction of sp³-hybridized carbons (Fsp3) is 0.190. The summed E-state index contributed by atoms with van der Waals surface area (Å²) in [7, 11) is 0. The van der Waals surface area contributed by atoms with Crippen molar-refractivity contribution in [2.75, 3.05) is 13.2 Å². The van der Waals surface area contributed by atoms with Gasteiger partial charge in [0.1, 0.15) is 6.54 Å². The van der Waals surface area contributed by atoms with Crippen LogP contribution in [-0.2, 0) is 16.0 Å². The first-order chi connectivity index (χ1) is 13.6. The van der Waals surface area contributed by atoms with E-state index >= 15 is 0 Å². The van der Waals surface area contributed by atoms with Gasteiger partial charge >= 0.3 is 0 Å². The fourth-order valence-corrected chi connectivity index (χ4v) is 3.65. The zero-order chi connectivity index (χ0) is 19.9. The van der Waals surface area contributed by atoms with Crippen molar-refractivity contribution in [3.05, 3.63) is 76.7 Å². The predicted molar refractivity (Wildman–Crippen MR) is 108 cm³/mol. The number of nitrogens with one attached hydrogen (secondary N) is 1. The van der Waals surface area contributed by atoms with Gasteiger partial charge in [-0.3, -0.25) is 19.3 Å². The van der Waals surface area contributed by atoms with E-state index in [1.165, 1.54) is 0 Å². The molecule has 1 saturated heterocycles. The Balaban J connectivity index is 1.61. The van der Waals surface area contributed by atoms with Gasteiger partial charge in [0.05, 0.1) is 17.6 Å². The van der Waals surface area contributed by atoms with Gasteiger partial charge in [-0.15, -0.1) is 0 Å². The van der Waals surface area contributed by atoms with Gasteiger partial charge in [-0.25, -0.2) is 0 Å². The Labute approximate surface area is 167 Å². The highest BCUT2D eigenvalue weighted by Gasteiger charge is 2.36. The minimum absolute atomic E-state index is 0.240. The van der Waals surface area contributed by atoms with Crippen LogP contribution in [0.4, 0.5) is 4.79 Å². The molecular weight excluding hydrogens is 376 g/mol. The molecule has 1 aliphatic heterocycles. The number of thioether (sulfide) groups is 1. The topological polar surface area (TPSA) is 86.7 Å². The number of hydrogen-bond acceptors (Lipinski definition) is 5. The molecule has 6 nitrogen and oxygen atoms in total. The smallest absolute Gasteiger partial charge is 0.294 e. The van der Waals surface area contributed by atoms with E-state index in [-0.39, 0.29) is 18.1 Å². The number of rotatable bonds is 7. The minimum atomic E-state index is -0.491. The summed E-state index contributed by atoms with van der Waals surface area (Å²) in [5, 5.41) is 11.7. The number of carbonyl (C=O) groups excluding carboxylic acids is 3. The molecule has 0 spiro atoms. The molecule has 3 rings (SSSR count). The van der Waals surface area contributed by atoms with Gasteiger partial charge in [0.15, 0.2) is 0 Å².